The number of β-amino-alcohol motifs (C(OH)–C–C–N with tert-alkyl or cyclic N) is 1. The number of nitrogens with one attached hydrogen (secondary N) is 2. The molecule has 1 heterocycles. The Morgan fingerprint density at radius 2 is 2.25 bits per heavy atom. The fourth-order valence-corrected chi connectivity index (χ4v) is 3.33. The molecule has 1 aliphatic heterocycles. The minimum absolute atomic E-state index is 0.0182. The first-order valence-electron chi connectivity index (χ1n) is 7.51. The first kappa shape index (κ1) is 13.6. The molecule has 0 radical (unpaired) electrons. The summed E-state index contributed by atoms with van der Waals surface area (Å²) in [4.78, 5) is 12.1. The van der Waals surface area contributed by atoms with Gasteiger partial charge in [-0.1, -0.05) is 24.3 Å². The average Bonchev–Trinajstić information content (AvgIpc) is 2.91. The monoisotopic (exact) mass is 274 g/mol. The lowest BCUT2D eigenvalue weighted by molar-refractivity contribution is -0.123. The summed E-state index contributed by atoms with van der Waals surface area (Å²) in [6.07, 6.45) is 3.61. The first-order chi connectivity index (χ1) is 9.74. The fraction of sp³-hybridized carbons (Fsp3) is 0.562. The van der Waals surface area contributed by atoms with Crippen LogP contribution in [-0.4, -0.2) is 36.2 Å². The van der Waals surface area contributed by atoms with Gasteiger partial charge in [0.15, 0.2) is 0 Å². The van der Waals surface area contributed by atoms with E-state index in [0.29, 0.717) is 25.4 Å². The molecular weight excluding hydrogens is 252 g/mol. The SMILES string of the molecule is O=C(NC[C@@H]1CCCc2ccccc21)[C@@H]1C[C@H](O)CN1. The number of aliphatic hydroxyl groups excluding tert-OH is 1. The summed E-state index contributed by atoms with van der Waals surface area (Å²) < 4.78 is 0. The van der Waals surface area contributed by atoms with Crippen LogP contribution in [0.3, 0.4) is 0 Å². The molecule has 4 heteroatoms. The standard InChI is InChI=1S/C16H22N2O2/c19-13-8-15(17-10-13)16(20)18-9-12-6-3-5-11-4-1-2-7-14(11)12/h1-2,4,7,12-13,15,17,19H,3,5-6,8-10H2,(H,18,20)/t12-,13-,15-/m0/s1. The molecule has 3 N–H and O–H groups in total. The fourth-order valence-electron chi connectivity index (χ4n) is 3.33. The quantitative estimate of drug-likeness (QED) is 0.769. The van der Waals surface area contributed by atoms with Crippen molar-refractivity contribution in [3.63, 3.8) is 0 Å². The van der Waals surface area contributed by atoms with Gasteiger partial charge in [0, 0.05) is 19.0 Å². The lowest BCUT2D eigenvalue weighted by Crippen LogP contribution is -2.42. The highest BCUT2D eigenvalue weighted by Crippen LogP contribution is 2.30. The zero-order valence-electron chi connectivity index (χ0n) is 11.6. The number of hydrogen-bond acceptors (Lipinski definition) is 3. The summed E-state index contributed by atoms with van der Waals surface area (Å²) in [7, 11) is 0. The second-order valence-corrected chi connectivity index (χ2v) is 5.88. The molecular formula is C16H22N2O2. The Balaban J connectivity index is 1.58. The maximum absolute atomic E-state index is 12.1. The molecule has 0 aromatic heterocycles. The van der Waals surface area contributed by atoms with Gasteiger partial charge >= 0.3 is 0 Å². The third-order valence-electron chi connectivity index (χ3n) is 4.44. The number of aliphatic hydroxyl groups is 1. The van der Waals surface area contributed by atoms with E-state index in [1.54, 1.807) is 0 Å². The number of carbonyl (C=O) groups is 1. The maximum Gasteiger partial charge on any atom is 0.237 e. The molecule has 20 heavy (non-hydrogen) atoms. The molecule has 0 unspecified atom stereocenters. The number of amides is 1. The van der Waals surface area contributed by atoms with E-state index in [2.05, 4.69) is 34.9 Å². The van der Waals surface area contributed by atoms with Gasteiger partial charge in [0.2, 0.25) is 5.91 Å². The number of aryl methyl sites for hydroxylation is 1. The van der Waals surface area contributed by atoms with Gasteiger partial charge in [-0.3, -0.25) is 4.79 Å². The Bertz CT molecular complexity index is 489. The van der Waals surface area contributed by atoms with Gasteiger partial charge in [-0.2, -0.15) is 0 Å². The lowest BCUT2D eigenvalue weighted by atomic mass is 9.83. The Morgan fingerprint density at radius 3 is 3.05 bits per heavy atom. The van der Waals surface area contributed by atoms with Crippen molar-refractivity contribution in [2.24, 2.45) is 0 Å². The summed E-state index contributed by atoms with van der Waals surface area (Å²) in [5.74, 6) is 0.444. The number of fused-ring (bicyclic) bond motifs is 1. The number of hydrogen-bond donors (Lipinski definition) is 3. The van der Waals surface area contributed by atoms with Crippen molar-refractivity contribution < 1.29 is 9.90 Å². The van der Waals surface area contributed by atoms with E-state index in [4.69, 9.17) is 0 Å². The molecule has 3 rings (SSSR count). The maximum atomic E-state index is 12.1. The van der Waals surface area contributed by atoms with E-state index in [0.717, 1.165) is 12.8 Å². The van der Waals surface area contributed by atoms with Crippen molar-refractivity contribution in [1.82, 2.24) is 10.6 Å². The predicted octanol–water partition coefficient (Wildman–Crippen LogP) is 0.945. The number of benzene rings is 1. The number of carbonyl (C=O) groups excluding carboxylic acids is 1. The summed E-state index contributed by atoms with van der Waals surface area (Å²) in [6.45, 7) is 1.22. The summed E-state index contributed by atoms with van der Waals surface area (Å²) >= 11 is 0. The first-order valence-corrected chi connectivity index (χ1v) is 7.51. The Morgan fingerprint density at radius 1 is 1.40 bits per heavy atom. The Labute approximate surface area is 119 Å². The summed E-state index contributed by atoms with van der Waals surface area (Å²) in [5.41, 5.74) is 2.81. The van der Waals surface area contributed by atoms with Gasteiger partial charge in [0.05, 0.1) is 12.1 Å². The second-order valence-electron chi connectivity index (χ2n) is 5.88. The van der Waals surface area contributed by atoms with Crippen molar-refractivity contribution in [1.29, 1.82) is 0 Å². The molecule has 0 saturated carbocycles. The minimum Gasteiger partial charge on any atom is -0.392 e. The van der Waals surface area contributed by atoms with Crippen LogP contribution in [-0.2, 0) is 11.2 Å². The topological polar surface area (TPSA) is 61.4 Å². The zero-order chi connectivity index (χ0) is 13.9. The molecule has 2 aliphatic rings. The second kappa shape index (κ2) is 5.94. The van der Waals surface area contributed by atoms with Crippen molar-refractivity contribution in [2.75, 3.05) is 13.1 Å². The molecule has 1 aromatic rings. The minimum atomic E-state index is -0.388. The van der Waals surface area contributed by atoms with E-state index >= 15 is 0 Å². The molecule has 108 valence electrons. The van der Waals surface area contributed by atoms with Crippen LogP contribution in [0.15, 0.2) is 24.3 Å². The normalized spacial score (nSPS) is 28.9. The summed E-state index contributed by atoms with van der Waals surface area (Å²) in [6, 6.07) is 8.31. The molecule has 1 fully saturated rings. The Kier molecular flexibility index (Phi) is 4.03. The van der Waals surface area contributed by atoms with Crippen LogP contribution in [0.1, 0.15) is 36.3 Å². The number of rotatable bonds is 3. The molecule has 4 nitrogen and oxygen atoms in total. The lowest BCUT2D eigenvalue weighted by Gasteiger charge is -2.26. The van der Waals surface area contributed by atoms with E-state index < -0.39 is 0 Å². The largest absolute Gasteiger partial charge is 0.392 e. The molecule has 0 spiro atoms. The summed E-state index contributed by atoms with van der Waals surface area (Å²) in [5, 5.41) is 15.5. The van der Waals surface area contributed by atoms with Crippen LogP contribution in [0.2, 0.25) is 0 Å². The van der Waals surface area contributed by atoms with Gasteiger partial charge in [-0.25, -0.2) is 0 Å². The average molecular weight is 274 g/mol. The molecule has 1 aromatic carbocycles. The van der Waals surface area contributed by atoms with Gasteiger partial charge in [0.25, 0.3) is 0 Å². The van der Waals surface area contributed by atoms with Gasteiger partial charge < -0.3 is 15.7 Å². The van der Waals surface area contributed by atoms with E-state index in [-0.39, 0.29) is 18.1 Å². The van der Waals surface area contributed by atoms with E-state index in [1.807, 2.05) is 0 Å². The smallest absolute Gasteiger partial charge is 0.237 e. The highest BCUT2D eigenvalue weighted by molar-refractivity contribution is 5.82. The van der Waals surface area contributed by atoms with Crippen molar-refractivity contribution in [3.8, 4) is 0 Å². The molecule has 3 atom stereocenters. The van der Waals surface area contributed by atoms with E-state index in [1.165, 1.54) is 17.5 Å². The third-order valence-corrected chi connectivity index (χ3v) is 4.44. The predicted molar refractivity (Wildman–Crippen MR) is 77.5 cm³/mol. The highest BCUT2D eigenvalue weighted by atomic mass is 16.3. The molecule has 1 aliphatic carbocycles. The van der Waals surface area contributed by atoms with Crippen molar-refractivity contribution >= 4 is 5.91 Å². The van der Waals surface area contributed by atoms with Crippen LogP contribution >= 0.6 is 0 Å². The van der Waals surface area contributed by atoms with E-state index in [9.17, 15) is 9.90 Å². The highest BCUT2D eigenvalue weighted by Gasteiger charge is 2.28. The molecule has 0 bridgehead atoms. The van der Waals surface area contributed by atoms with Crippen LogP contribution in [0, 0.1) is 0 Å². The van der Waals surface area contributed by atoms with Crippen LogP contribution < -0.4 is 10.6 Å². The van der Waals surface area contributed by atoms with Gasteiger partial charge in [0.1, 0.15) is 0 Å². The van der Waals surface area contributed by atoms with Crippen molar-refractivity contribution in [2.45, 2.75) is 43.7 Å². The third kappa shape index (κ3) is 2.86. The molecule has 1 saturated heterocycles. The van der Waals surface area contributed by atoms with Crippen molar-refractivity contribution in [3.05, 3.63) is 35.4 Å². The van der Waals surface area contributed by atoms with Gasteiger partial charge in [-0.15, -0.1) is 0 Å². The van der Waals surface area contributed by atoms with Gasteiger partial charge in [-0.05, 0) is 36.8 Å². The van der Waals surface area contributed by atoms with Crippen LogP contribution in [0.25, 0.3) is 0 Å². The van der Waals surface area contributed by atoms with Crippen LogP contribution in [0.4, 0.5) is 0 Å². The Hall–Kier alpha value is -1.39. The van der Waals surface area contributed by atoms with Crippen LogP contribution in [0.5, 0.6) is 0 Å². The molecule has 1 amide bonds. The zero-order valence-corrected chi connectivity index (χ0v) is 11.6.